The number of nitrogens with one attached hydrogen (secondary N) is 1. The number of rotatable bonds is 5. The predicted molar refractivity (Wildman–Crippen MR) is 83.3 cm³/mol. The van der Waals surface area contributed by atoms with Gasteiger partial charge in [-0.15, -0.1) is 11.3 Å². The van der Waals surface area contributed by atoms with E-state index in [1.165, 1.54) is 23.5 Å². The Kier molecular flexibility index (Phi) is 4.16. The van der Waals surface area contributed by atoms with Crippen LogP contribution in [0.3, 0.4) is 0 Å². The Balaban J connectivity index is 1.87. The zero-order valence-electron chi connectivity index (χ0n) is 12.8. The number of aromatic nitrogens is 1. The summed E-state index contributed by atoms with van der Waals surface area (Å²) in [5.41, 5.74) is 1.30. The fraction of sp³-hybridized carbons (Fsp3) is 0.812. The third-order valence-corrected chi connectivity index (χ3v) is 5.56. The standard InChI is InChI=1S/C16H26N2OS/c1-4-13-9-16(7-8-19-13,18-12-5-6-12)15-17-14(10-20-15)11(2)3/h10-13,18H,4-9H2,1-3H3. The predicted octanol–water partition coefficient (Wildman–Crippen LogP) is 3.80. The van der Waals surface area contributed by atoms with Crippen molar-refractivity contribution in [2.75, 3.05) is 6.61 Å². The molecule has 0 radical (unpaired) electrons. The van der Waals surface area contributed by atoms with Gasteiger partial charge in [0.15, 0.2) is 0 Å². The van der Waals surface area contributed by atoms with E-state index < -0.39 is 0 Å². The van der Waals surface area contributed by atoms with Gasteiger partial charge in [0.2, 0.25) is 0 Å². The fourth-order valence-corrected chi connectivity index (χ4v) is 4.17. The van der Waals surface area contributed by atoms with Crippen LogP contribution in [0.2, 0.25) is 0 Å². The van der Waals surface area contributed by atoms with Crippen molar-refractivity contribution in [3.05, 3.63) is 16.1 Å². The summed E-state index contributed by atoms with van der Waals surface area (Å²) in [5.74, 6) is 0.514. The molecule has 1 aromatic heterocycles. The molecule has 1 N–H and O–H groups in total. The molecule has 1 saturated heterocycles. The molecule has 2 aliphatic rings. The van der Waals surface area contributed by atoms with Crippen LogP contribution in [0.1, 0.15) is 69.5 Å². The minimum Gasteiger partial charge on any atom is -0.378 e. The summed E-state index contributed by atoms with van der Waals surface area (Å²) in [5, 5.41) is 7.44. The first-order valence-corrected chi connectivity index (χ1v) is 8.86. The summed E-state index contributed by atoms with van der Waals surface area (Å²) in [6.45, 7) is 7.52. The maximum absolute atomic E-state index is 5.90. The molecule has 1 aliphatic heterocycles. The fourth-order valence-electron chi connectivity index (χ4n) is 2.99. The van der Waals surface area contributed by atoms with E-state index in [2.05, 4.69) is 31.5 Å². The quantitative estimate of drug-likeness (QED) is 0.897. The Labute approximate surface area is 126 Å². The molecule has 3 rings (SSSR count). The summed E-state index contributed by atoms with van der Waals surface area (Å²) in [4.78, 5) is 4.96. The molecule has 1 aliphatic carbocycles. The lowest BCUT2D eigenvalue weighted by Crippen LogP contribution is -2.50. The Bertz CT molecular complexity index is 455. The maximum Gasteiger partial charge on any atom is 0.113 e. The van der Waals surface area contributed by atoms with Crippen LogP contribution in [0.4, 0.5) is 0 Å². The molecule has 20 heavy (non-hydrogen) atoms. The lowest BCUT2D eigenvalue weighted by Gasteiger charge is -2.40. The molecule has 2 atom stereocenters. The minimum absolute atomic E-state index is 0.0674. The van der Waals surface area contributed by atoms with Crippen molar-refractivity contribution in [2.24, 2.45) is 0 Å². The smallest absolute Gasteiger partial charge is 0.113 e. The number of thiazole rings is 1. The third-order valence-electron chi connectivity index (χ3n) is 4.49. The van der Waals surface area contributed by atoms with Crippen molar-refractivity contribution in [2.45, 2.75) is 76.5 Å². The van der Waals surface area contributed by atoms with E-state index in [4.69, 9.17) is 9.72 Å². The molecule has 0 spiro atoms. The largest absolute Gasteiger partial charge is 0.378 e. The highest BCUT2D eigenvalue weighted by Gasteiger charge is 2.43. The maximum atomic E-state index is 5.90. The van der Waals surface area contributed by atoms with Gasteiger partial charge in [-0.25, -0.2) is 4.98 Å². The molecule has 4 heteroatoms. The molecular formula is C16H26N2OS. The molecule has 0 bridgehead atoms. The first kappa shape index (κ1) is 14.5. The number of hydrogen-bond acceptors (Lipinski definition) is 4. The second-order valence-corrected chi connectivity index (χ2v) is 7.45. The van der Waals surface area contributed by atoms with Crippen LogP contribution in [0, 0.1) is 0 Å². The van der Waals surface area contributed by atoms with Crippen molar-refractivity contribution in [1.29, 1.82) is 0 Å². The molecule has 1 aromatic rings. The number of ether oxygens (including phenoxy) is 1. The van der Waals surface area contributed by atoms with Crippen molar-refractivity contribution in [3.63, 3.8) is 0 Å². The Morgan fingerprint density at radius 2 is 2.30 bits per heavy atom. The summed E-state index contributed by atoms with van der Waals surface area (Å²) in [6, 6.07) is 0.706. The van der Waals surface area contributed by atoms with Gasteiger partial charge >= 0.3 is 0 Å². The van der Waals surface area contributed by atoms with Crippen LogP contribution in [0.25, 0.3) is 0 Å². The zero-order chi connectivity index (χ0) is 14.2. The van der Waals surface area contributed by atoms with E-state index in [9.17, 15) is 0 Å². The van der Waals surface area contributed by atoms with E-state index in [0.717, 1.165) is 25.9 Å². The second kappa shape index (κ2) is 5.74. The summed E-state index contributed by atoms with van der Waals surface area (Å²) in [7, 11) is 0. The molecule has 112 valence electrons. The first-order valence-electron chi connectivity index (χ1n) is 7.98. The Hall–Kier alpha value is -0.450. The van der Waals surface area contributed by atoms with Crippen molar-refractivity contribution in [3.8, 4) is 0 Å². The molecule has 0 amide bonds. The van der Waals surface area contributed by atoms with E-state index in [1.54, 1.807) is 0 Å². The van der Waals surface area contributed by atoms with Crippen LogP contribution in [-0.2, 0) is 10.3 Å². The normalized spacial score (nSPS) is 30.9. The van der Waals surface area contributed by atoms with E-state index in [1.807, 2.05) is 11.3 Å². The van der Waals surface area contributed by atoms with E-state index >= 15 is 0 Å². The van der Waals surface area contributed by atoms with Crippen LogP contribution in [-0.4, -0.2) is 23.7 Å². The van der Waals surface area contributed by atoms with Gasteiger partial charge in [0.1, 0.15) is 5.01 Å². The van der Waals surface area contributed by atoms with Gasteiger partial charge in [0, 0.05) is 18.0 Å². The van der Waals surface area contributed by atoms with Crippen LogP contribution < -0.4 is 5.32 Å². The zero-order valence-corrected chi connectivity index (χ0v) is 13.6. The van der Waals surface area contributed by atoms with Crippen molar-refractivity contribution in [1.82, 2.24) is 10.3 Å². The number of hydrogen-bond donors (Lipinski definition) is 1. The summed E-state index contributed by atoms with van der Waals surface area (Å²) >= 11 is 1.84. The van der Waals surface area contributed by atoms with Crippen molar-refractivity contribution >= 4 is 11.3 Å². The van der Waals surface area contributed by atoms with Crippen LogP contribution in [0.5, 0.6) is 0 Å². The lowest BCUT2D eigenvalue weighted by atomic mass is 9.86. The van der Waals surface area contributed by atoms with Gasteiger partial charge in [-0.1, -0.05) is 20.8 Å². The monoisotopic (exact) mass is 294 g/mol. The van der Waals surface area contributed by atoms with Gasteiger partial charge < -0.3 is 10.1 Å². The average molecular weight is 294 g/mol. The first-order chi connectivity index (χ1) is 9.63. The van der Waals surface area contributed by atoms with Crippen LogP contribution in [0.15, 0.2) is 5.38 Å². The van der Waals surface area contributed by atoms with Crippen molar-refractivity contribution < 1.29 is 4.74 Å². The second-order valence-electron chi connectivity index (χ2n) is 6.59. The van der Waals surface area contributed by atoms with Gasteiger partial charge in [-0.2, -0.15) is 0 Å². The van der Waals surface area contributed by atoms with E-state index in [0.29, 0.717) is 18.1 Å². The highest BCUT2D eigenvalue weighted by atomic mass is 32.1. The highest BCUT2D eigenvalue weighted by Crippen LogP contribution is 2.40. The molecule has 2 unspecified atom stereocenters. The van der Waals surface area contributed by atoms with E-state index in [-0.39, 0.29) is 5.54 Å². The molecule has 2 fully saturated rings. The molecular weight excluding hydrogens is 268 g/mol. The minimum atomic E-state index is 0.0674. The van der Waals surface area contributed by atoms with Crippen LogP contribution >= 0.6 is 11.3 Å². The van der Waals surface area contributed by atoms with Gasteiger partial charge in [0.25, 0.3) is 0 Å². The summed E-state index contributed by atoms with van der Waals surface area (Å²) < 4.78 is 5.90. The topological polar surface area (TPSA) is 34.2 Å². The average Bonchev–Trinajstić information content (AvgIpc) is 3.09. The third kappa shape index (κ3) is 2.92. The Morgan fingerprint density at radius 1 is 1.50 bits per heavy atom. The molecule has 0 aromatic carbocycles. The molecule has 2 heterocycles. The number of nitrogens with zero attached hydrogens (tertiary/aromatic N) is 1. The molecule has 1 saturated carbocycles. The SMILES string of the molecule is CCC1CC(NC2CC2)(c2nc(C(C)C)cs2)CCO1. The Morgan fingerprint density at radius 3 is 2.90 bits per heavy atom. The van der Waals surface area contributed by atoms with Gasteiger partial charge in [-0.3, -0.25) is 0 Å². The molecule has 3 nitrogen and oxygen atoms in total. The highest BCUT2D eigenvalue weighted by molar-refractivity contribution is 7.09. The van der Waals surface area contributed by atoms with Gasteiger partial charge in [-0.05, 0) is 38.0 Å². The lowest BCUT2D eigenvalue weighted by molar-refractivity contribution is -0.0330. The summed E-state index contributed by atoms with van der Waals surface area (Å²) in [6.07, 6.45) is 6.25. The van der Waals surface area contributed by atoms with Gasteiger partial charge in [0.05, 0.1) is 17.3 Å².